The summed E-state index contributed by atoms with van der Waals surface area (Å²) < 4.78 is 2.59. The number of hydrogen-bond donors (Lipinski definition) is 2. The third-order valence-electron chi connectivity index (χ3n) is 2.89. The number of nitrogens with one attached hydrogen (secondary N) is 1. The number of aromatic nitrogens is 1. The summed E-state index contributed by atoms with van der Waals surface area (Å²) in [6, 6.07) is 6.03. The van der Waals surface area contributed by atoms with E-state index < -0.39 is 5.97 Å². The van der Waals surface area contributed by atoms with Crippen molar-refractivity contribution in [2.75, 3.05) is 5.32 Å². The van der Waals surface area contributed by atoms with Gasteiger partial charge in [-0.2, -0.15) is 0 Å². The molecule has 0 spiro atoms. The second kappa shape index (κ2) is 6.32. The van der Waals surface area contributed by atoms with Gasteiger partial charge in [0.05, 0.1) is 10.6 Å². The highest BCUT2D eigenvalue weighted by molar-refractivity contribution is 9.10. The first kappa shape index (κ1) is 15.6. The Morgan fingerprint density at radius 1 is 1.38 bits per heavy atom. The summed E-state index contributed by atoms with van der Waals surface area (Å²) in [5.74, 6) is -1.46. The van der Waals surface area contributed by atoms with Crippen molar-refractivity contribution in [1.29, 1.82) is 0 Å². The van der Waals surface area contributed by atoms with Crippen LogP contribution in [0.3, 0.4) is 0 Å². The molecule has 0 saturated heterocycles. The van der Waals surface area contributed by atoms with Gasteiger partial charge in [-0.15, -0.1) is 0 Å². The van der Waals surface area contributed by atoms with Crippen molar-refractivity contribution in [1.82, 2.24) is 4.57 Å². The molecule has 0 unspecified atom stereocenters. The number of carboxylic acid groups (broad SMARTS) is 1. The van der Waals surface area contributed by atoms with Crippen LogP contribution in [0.25, 0.3) is 0 Å². The van der Waals surface area contributed by atoms with E-state index in [1.165, 1.54) is 12.1 Å². The lowest BCUT2D eigenvalue weighted by Crippen LogP contribution is -2.16. The monoisotopic (exact) mass is 370 g/mol. The SMILES string of the molecule is CCn1cc(Br)cc1C(=O)Nc1ccc(Cl)c(C(=O)O)c1. The van der Waals surface area contributed by atoms with E-state index in [9.17, 15) is 9.59 Å². The normalized spacial score (nSPS) is 10.4. The first-order chi connectivity index (χ1) is 9.92. The minimum Gasteiger partial charge on any atom is -0.478 e. The number of amides is 1. The highest BCUT2D eigenvalue weighted by Gasteiger charge is 2.14. The second-order valence-corrected chi connectivity index (χ2v) is 5.61. The average molecular weight is 372 g/mol. The molecule has 1 amide bonds. The Morgan fingerprint density at radius 2 is 2.10 bits per heavy atom. The highest BCUT2D eigenvalue weighted by Crippen LogP contribution is 2.22. The molecule has 2 N–H and O–H groups in total. The van der Waals surface area contributed by atoms with Crippen LogP contribution in [0, 0.1) is 0 Å². The van der Waals surface area contributed by atoms with Gasteiger partial charge >= 0.3 is 5.97 Å². The lowest BCUT2D eigenvalue weighted by atomic mass is 10.2. The van der Waals surface area contributed by atoms with Crippen molar-refractivity contribution in [3.05, 3.63) is 51.2 Å². The van der Waals surface area contributed by atoms with E-state index in [2.05, 4.69) is 21.2 Å². The summed E-state index contributed by atoms with van der Waals surface area (Å²) in [5.41, 5.74) is 0.805. The molecule has 5 nitrogen and oxygen atoms in total. The molecular weight excluding hydrogens is 360 g/mol. The van der Waals surface area contributed by atoms with Crippen LogP contribution in [0.2, 0.25) is 5.02 Å². The number of carbonyl (C=O) groups excluding carboxylic acids is 1. The van der Waals surface area contributed by atoms with Crippen LogP contribution in [0.1, 0.15) is 27.8 Å². The van der Waals surface area contributed by atoms with E-state index in [0.29, 0.717) is 17.9 Å². The van der Waals surface area contributed by atoms with Gasteiger partial charge in [0.2, 0.25) is 0 Å². The number of benzene rings is 1. The van der Waals surface area contributed by atoms with Gasteiger partial charge in [-0.05, 0) is 47.1 Å². The third-order valence-corrected chi connectivity index (χ3v) is 3.65. The average Bonchev–Trinajstić information content (AvgIpc) is 2.82. The van der Waals surface area contributed by atoms with Gasteiger partial charge in [0.15, 0.2) is 0 Å². The Kier molecular flexibility index (Phi) is 4.69. The predicted molar refractivity (Wildman–Crippen MR) is 84.2 cm³/mol. The van der Waals surface area contributed by atoms with E-state index in [-0.39, 0.29) is 16.5 Å². The Labute approximate surface area is 134 Å². The minimum atomic E-state index is -1.14. The van der Waals surface area contributed by atoms with E-state index in [0.717, 1.165) is 4.47 Å². The van der Waals surface area contributed by atoms with E-state index >= 15 is 0 Å². The molecule has 0 aliphatic rings. The molecule has 0 radical (unpaired) electrons. The predicted octanol–water partition coefficient (Wildman–Crippen LogP) is 3.87. The van der Waals surface area contributed by atoms with Gasteiger partial charge in [0.1, 0.15) is 5.69 Å². The topological polar surface area (TPSA) is 71.3 Å². The Morgan fingerprint density at radius 3 is 2.71 bits per heavy atom. The van der Waals surface area contributed by atoms with Crippen LogP contribution in [-0.4, -0.2) is 21.6 Å². The molecule has 0 fully saturated rings. The first-order valence-corrected chi connectivity index (χ1v) is 7.29. The van der Waals surface area contributed by atoms with Crippen molar-refractivity contribution in [2.24, 2.45) is 0 Å². The summed E-state index contributed by atoms with van der Waals surface area (Å²) in [6.45, 7) is 2.57. The Balaban J connectivity index is 2.27. The summed E-state index contributed by atoms with van der Waals surface area (Å²) in [4.78, 5) is 23.3. The number of nitrogens with zero attached hydrogens (tertiary/aromatic N) is 1. The Hall–Kier alpha value is -1.79. The van der Waals surface area contributed by atoms with Crippen LogP contribution in [0.4, 0.5) is 5.69 Å². The molecule has 2 aromatic rings. The molecule has 0 aliphatic heterocycles. The van der Waals surface area contributed by atoms with E-state index in [4.69, 9.17) is 16.7 Å². The van der Waals surface area contributed by atoms with Gasteiger partial charge in [-0.25, -0.2) is 4.79 Å². The van der Waals surface area contributed by atoms with Crippen LogP contribution in [-0.2, 0) is 6.54 Å². The van der Waals surface area contributed by atoms with Crippen molar-refractivity contribution < 1.29 is 14.7 Å². The molecule has 0 atom stereocenters. The van der Waals surface area contributed by atoms with E-state index in [1.807, 2.05) is 6.92 Å². The summed E-state index contributed by atoms with van der Waals surface area (Å²) >= 11 is 9.11. The van der Waals surface area contributed by atoms with Gasteiger partial charge < -0.3 is 15.0 Å². The standard InChI is InChI=1S/C14H12BrClN2O3/c1-2-18-7-8(15)5-12(18)13(19)17-9-3-4-11(16)10(6-9)14(20)21/h3-7H,2H2,1H3,(H,17,19)(H,20,21). The number of rotatable bonds is 4. The maximum atomic E-state index is 12.2. The number of carboxylic acids is 1. The van der Waals surface area contributed by atoms with Crippen molar-refractivity contribution in [3.63, 3.8) is 0 Å². The Bertz CT molecular complexity index is 712. The summed E-state index contributed by atoms with van der Waals surface area (Å²) in [6.07, 6.45) is 1.81. The maximum Gasteiger partial charge on any atom is 0.337 e. The lowest BCUT2D eigenvalue weighted by molar-refractivity contribution is 0.0696. The highest BCUT2D eigenvalue weighted by atomic mass is 79.9. The molecule has 0 saturated carbocycles. The molecule has 7 heteroatoms. The second-order valence-electron chi connectivity index (χ2n) is 4.28. The fourth-order valence-electron chi connectivity index (χ4n) is 1.89. The number of carbonyl (C=O) groups is 2. The van der Waals surface area contributed by atoms with Gasteiger partial charge in [-0.1, -0.05) is 11.6 Å². The molecule has 0 aliphatic carbocycles. The molecule has 2 rings (SSSR count). The quantitative estimate of drug-likeness (QED) is 0.857. The minimum absolute atomic E-state index is 0.0541. The van der Waals surface area contributed by atoms with Crippen LogP contribution >= 0.6 is 27.5 Å². The van der Waals surface area contributed by atoms with Gasteiger partial charge in [0, 0.05) is 22.9 Å². The fraction of sp³-hybridized carbons (Fsp3) is 0.143. The molecule has 1 heterocycles. The number of aryl methyl sites for hydroxylation is 1. The summed E-state index contributed by atoms with van der Waals surface area (Å²) in [7, 11) is 0. The first-order valence-electron chi connectivity index (χ1n) is 6.12. The number of aromatic carboxylic acids is 1. The van der Waals surface area contributed by atoms with Crippen LogP contribution in [0.15, 0.2) is 34.9 Å². The molecule has 1 aromatic heterocycles. The number of halogens is 2. The van der Waals surface area contributed by atoms with E-state index in [1.54, 1.807) is 22.9 Å². The van der Waals surface area contributed by atoms with Crippen molar-refractivity contribution in [2.45, 2.75) is 13.5 Å². The smallest absolute Gasteiger partial charge is 0.337 e. The van der Waals surface area contributed by atoms with Gasteiger partial charge in [0.25, 0.3) is 5.91 Å². The summed E-state index contributed by atoms with van der Waals surface area (Å²) in [5, 5.41) is 11.8. The van der Waals surface area contributed by atoms with Crippen molar-refractivity contribution in [3.8, 4) is 0 Å². The molecule has 110 valence electrons. The fourth-order valence-corrected chi connectivity index (χ4v) is 2.55. The molecule has 21 heavy (non-hydrogen) atoms. The molecule has 1 aromatic carbocycles. The zero-order valence-electron chi connectivity index (χ0n) is 11.1. The maximum absolute atomic E-state index is 12.2. The lowest BCUT2D eigenvalue weighted by Gasteiger charge is -2.09. The largest absolute Gasteiger partial charge is 0.478 e. The van der Waals surface area contributed by atoms with Crippen LogP contribution < -0.4 is 5.32 Å². The van der Waals surface area contributed by atoms with Gasteiger partial charge in [-0.3, -0.25) is 4.79 Å². The zero-order valence-corrected chi connectivity index (χ0v) is 13.4. The molecule has 0 bridgehead atoms. The molecular formula is C14H12BrClN2O3. The number of hydrogen-bond acceptors (Lipinski definition) is 2. The number of anilines is 1. The van der Waals surface area contributed by atoms with Crippen molar-refractivity contribution >= 4 is 45.1 Å². The zero-order chi connectivity index (χ0) is 15.6. The van der Waals surface area contributed by atoms with Crippen LogP contribution in [0.5, 0.6) is 0 Å². The third kappa shape index (κ3) is 3.46.